The van der Waals surface area contributed by atoms with E-state index in [1.807, 2.05) is 6.92 Å². The van der Waals surface area contributed by atoms with Gasteiger partial charge in [0, 0.05) is 0 Å². The predicted molar refractivity (Wildman–Crippen MR) is 72.5 cm³/mol. The number of aryl methyl sites for hydroxylation is 1. The number of hydrogen-bond donors (Lipinski definition) is 0. The fourth-order valence-electron chi connectivity index (χ4n) is 1.36. The second-order valence-electron chi connectivity index (χ2n) is 4.30. The first-order chi connectivity index (χ1) is 7.01. The summed E-state index contributed by atoms with van der Waals surface area (Å²) in [5.41, 5.74) is 1.41. The molecule has 0 heterocycles. The Balaban J connectivity index is 2.50. The van der Waals surface area contributed by atoms with Crippen LogP contribution >= 0.6 is 14.0 Å². The Hall–Kier alpha value is 0.0429. The molecule has 0 aliphatic carbocycles. The van der Waals surface area contributed by atoms with E-state index >= 15 is 0 Å². The average Bonchev–Trinajstić information content (AvgIpc) is 2.16. The van der Waals surface area contributed by atoms with Crippen LogP contribution < -0.4 is 4.74 Å². The van der Waals surface area contributed by atoms with Gasteiger partial charge < -0.3 is 0 Å². The Morgan fingerprint density at radius 2 is 1.80 bits per heavy atom. The minimum atomic E-state index is -1.55. The van der Waals surface area contributed by atoms with Gasteiger partial charge in [0.25, 0.3) is 0 Å². The summed E-state index contributed by atoms with van der Waals surface area (Å²) in [5, 5.41) is 1.33. The Kier molecular flexibility index (Phi) is 5.20. The van der Waals surface area contributed by atoms with Crippen molar-refractivity contribution in [3.05, 3.63) is 29.8 Å². The summed E-state index contributed by atoms with van der Waals surface area (Å²) in [7, 11) is 0. The molecular weight excluding hydrogens is 313 g/mol. The average molecular weight is 332 g/mol. The maximum absolute atomic E-state index is 5.41. The van der Waals surface area contributed by atoms with Gasteiger partial charge in [0.2, 0.25) is 0 Å². The van der Waals surface area contributed by atoms with Crippen LogP contribution in [0.25, 0.3) is 0 Å². The van der Waals surface area contributed by atoms with E-state index in [4.69, 9.17) is 4.74 Å². The van der Waals surface area contributed by atoms with Gasteiger partial charge in [0.05, 0.1) is 0 Å². The van der Waals surface area contributed by atoms with E-state index in [1.54, 1.807) is 0 Å². The predicted octanol–water partition coefficient (Wildman–Crippen LogP) is 4.23. The van der Waals surface area contributed by atoms with E-state index in [0.717, 1.165) is 12.4 Å². The Bertz CT molecular complexity index is 289. The quantitative estimate of drug-likeness (QED) is 0.734. The third-order valence-electron chi connectivity index (χ3n) is 2.24. The van der Waals surface area contributed by atoms with Crippen LogP contribution in [-0.2, 0) is 6.42 Å². The molecule has 3 heteroatoms. The number of ether oxygens (including phenoxy) is 1. The second kappa shape index (κ2) is 5.95. The molecule has 1 nitrogen and oxygen atoms in total. The molecule has 0 unspecified atom stereocenters. The van der Waals surface area contributed by atoms with Gasteiger partial charge in [-0.3, -0.25) is 0 Å². The normalized spacial score (nSPS) is 11.5. The molecule has 1 aromatic carbocycles. The SMILES string of the molecule is CCOc1ccc(C[CH2][Ge]([CH3])([CH3])[Br])cc1. The van der Waals surface area contributed by atoms with Crippen molar-refractivity contribution < 1.29 is 4.74 Å². The molecule has 0 atom stereocenters. The van der Waals surface area contributed by atoms with Crippen LogP contribution in [0.3, 0.4) is 0 Å². The van der Waals surface area contributed by atoms with E-state index in [0.29, 0.717) is 0 Å². The Morgan fingerprint density at radius 1 is 1.20 bits per heavy atom. The van der Waals surface area contributed by atoms with Crippen LogP contribution in [0.1, 0.15) is 12.5 Å². The molecule has 0 aliphatic rings. The molecule has 0 amide bonds. The number of benzene rings is 1. The van der Waals surface area contributed by atoms with Crippen LogP contribution in [0.2, 0.25) is 16.8 Å². The topological polar surface area (TPSA) is 9.23 Å². The van der Waals surface area contributed by atoms with E-state index in [2.05, 4.69) is 49.8 Å². The first kappa shape index (κ1) is 13.1. The van der Waals surface area contributed by atoms with Crippen molar-refractivity contribution >= 4 is 25.4 Å². The van der Waals surface area contributed by atoms with Gasteiger partial charge in [0.1, 0.15) is 0 Å². The van der Waals surface area contributed by atoms with E-state index < -0.39 is 11.4 Å². The molecule has 15 heavy (non-hydrogen) atoms. The molecular formula is C12H19BrGeO. The second-order valence-corrected chi connectivity index (χ2v) is 23.7. The molecule has 0 fully saturated rings. The summed E-state index contributed by atoms with van der Waals surface area (Å²) in [4.78, 5) is 0. The Labute approximate surface area is 102 Å². The minimum absolute atomic E-state index is 0.739. The first-order valence-corrected chi connectivity index (χ1v) is 16.0. The molecule has 1 aromatic rings. The molecule has 0 spiro atoms. The monoisotopic (exact) mass is 332 g/mol. The van der Waals surface area contributed by atoms with Crippen molar-refractivity contribution in [1.29, 1.82) is 0 Å². The fourth-order valence-corrected chi connectivity index (χ4v) is 4.24. The van der Waals surface area contributed by atoms with Gasteiger partial charge in [-0.1, -0.05) is 0 Å². The van der Waals surface area contributed by atoms with Gasteiger partial charge in [-0.25, -0.2) is 0 Å². The van der Waals surface area contributed by atoms with Crippen molar-refractivity contribution in [2.75, 3.05) is 6.61 Å². The summed E-state index contributed by atoms with van der Waals surface area (Å²) < 4.78 is 5.41. The summed E-state index contributed by atoms with van der Waals surface area (Å²) in [6.07, 6.45) is 1.19. The molecule has 0 saturated carbocycles. The third-order valence-corrected chi connectivity index (χ3v) is 7.32. The van der Waals surface area contributed by atoms with Crippen LogP contribution in [0.15, 0.2) is 24.3 Å². The van der Waals surface area contributed by atoms with Gasteiger partial charge in [0.15, 0.2) is 0 Å². The third kappa shape index (κ3) is 5.62. The van der Waals surface area contributed by atoms with Crippen LogP contribution in [0.4, 0.5) is 0 Å². The Morgan fingerprint density at radius 3 is 2.27 bits per heavy atom. The van der Waals surface area contributed by atoms with Gasteiger partial charge in [-0.2, -0.15) is 0 Å². The summed E-state index contributed by atoms with van der Waals surface area (Å²) in [5.74, 6) is 5.74. The van der Waals surface area contributed by atoms with Crippen LogP contribution in [0.5, 0.6) is 5.75 Å². The van der Waals surface area contributed by atoms with Crippen molar-refractivity contribution in [2.45, 2.75) is 30.1 Å². The molecule has 0 saturated heterocycles. The fraction of sp³-hybridized carbons (Fsp3) is 0.500. The van der Waals surface area contributed by atoms with Crippen LogP contribution in [0, 0.1) is 0 Å². The number of rotatable bonds is 5. The molecule has 0 aromatic heterocycles. The maximum atomic E-state index is 5.41. The summed E-state index contributed by atoms with van der Waals surface area (Å²) in [6, 6.07) is 8.47. The van der Waals surface area contributed by atoms with E-state index in [-0.39, 0.29) is 0 Å². The van der Waals surface area contributed by atoms with Crippen molar-refractivity contribution in [3.8, 4) is 5.75 Å². The molecule has 1 rings (SSSR count). The summed E-state index contributed by atoms with van der Waals surface area (Å²) >= 11 is 2.29. The number of hydrogen-bond acceptors (Lipinski definition) is 1. The zero-order valence-corrected chi connectivity index (χ0v) is 13.4. The van der Waals surface area contributed by atoms with E-state index in [9.17, 15) is 0 Å². The number of halogens is 1. The standard InChI is InChI=1S/C12H19BrGeO/c1-4-15-12-7-5-11(6-8-12)9-10-14(2,3)13/h5-8H,4,9-10H2,1-3H3. The molecule has 84 valence electrons. The van der Waals surface area contributed by atoms with Crippen LogP contribution in [-0.4, -0.2) is 18.0 Å². The zero-order chi connectivity index (χ0) is 11.3. The van der Waals surface area contributed by atoms with Crippen molar-refractivity contribution in [3.63, 3.8) is 0 Å². The molecule has 0 aliphatic heterocycles. The van der Waals surface area contributed by atoms with E-state index in [1.165, 1.54) is 17.2 Å². The van der Waals surface area contributed by atoms with Crippen molar-refractivity contribution in [2.24, 2.45) is 0 Å². The van der Waals surface area contributed by atoms with Gasteiger partial charge >= 0.3 is 102 Å². The van der Waals surface area contributed by atoms with Crippen molar-refractivity contribution in [1.82, 2.24) is 0 Å². The zero-order valence-electron chi connectivity index (χ0n) is 9.72. The molecule has 0 radical (unpaired) electrons. The van der Waals surface area contributed by atoms with Gasteiger partial charge in [-0.15, -0.1) is 0 Å². The summed E-state index contributed by atoms with van der Waals surface area (Å²) in [6.45, 7) is 2.75. The molecule has 0 N–H and O–H groups in total. The molecule has 0 bridgehead atoms. The van der Waals surface area contributed by atoms with Gasteiger partial charge in [-0.05, 0) is 0 Å². The first-order valence-electron chi connectivity index (χ1n) is 5.42.